The summed E-state index contributed by atoms with van der Waals surface area (Å²) in [7, 11) is 3.87. The highest BCUT2D eigenvalue weighted by molar-refractivity contribution is 5.94. The summed E-state index contributed by atoms with van der Waals surface area (Å²) in [5.41, 5.74) is 0.633. The lowest BCUT2D eigenvalue weighted by Crippen LogP contribution is -2.38. The number of carbonyl (C=O) groups excluding carboxylic acids is 1. The molecule has 0 bridgehead atoms. The number of hydrogen-bond acceptors (Lipinski definition) is 4. The van der Waals surface area contributed by atoms with E-state index in [1.54, 1.807) is 12.5 Å². The molecule has 1 saturated carbocycles. The molecule has 23 heavy (non-hydrogen) atoms. The van der Waals surface area contributed by atoms with Gasteiger partial charge in [-0.25, -0.2) is 4.98 Å². The molecule has 5 heteroatoms. The zero-order chi connectivity index (χ0) is 16.2. The number of pyridine rings is 1. The minimum absolute atomic E-state index is 0.0334. The van der Waals surface area contributed by atoms with Gasteiger partial charge in [-0.3, -0.25) is 4.79 Å². The normalized spacial score (nSPS) is 14.9. The highest BCUT2D eigenvalue weighted by Crippen LogP contribution is 2.26. The van der Waals surface area contributed by atoms with Crippen LogP contribution in [-0.2, 0) is 6.54 Å². The van der Waals surface area contributed by atoms with E-state index in [9.17, 15) is 4.79 Å². The van der Waals surface area contributed by atoms with Gasteiger partial charge in [0.05, 0.1) is 18.4 Å². The average molecular weight is 313 g/mol. The Labute approximate surface area is 136 Å². The molecule has 0 aromatic carbocycles. The van der Waals surface area contributed by atoms with E-state index in [0.29, 0.717) is 18.2 Å². The Morgan fingerprint density at radius 2 is 2.04 bits per heavy atom. The minimum atomic E-state index is 0.0334. The first kappa shape index (κ1) is 15.6. The maximum Gasteiger partial charge on any atom is 0.256 e. The van der Waals surface area contributed by atoms with Crippen LogP contribution in [0.3, 0.4) is 0 Å². The number of hydrogen-bond donors (Lipinski definition) is 0. The molecule has 0 N–H and O–H groups in total. The van der Waals surface area contributed by atoms with Crippen LogP contribution in [0.5, 0.6) is 0 Å². The molecule has 2 aromatic rings. The van der Waals surface area contributed by atoms with E-state index in [4.69, 9.17) is 4.42 Å². The van der Waals surface area contributed by atoms with E-state index in [2.05, 4.69) is 4.98 Å². The van der Waals surface area contributed by atoms with Crippen LogP contribution in [0.25, 0.3) is 0 Å². The van der Waals surface area contributed by atoms with Gasteiger partial charge >= 0.3 is 0 Å². The highest BCUT2D eigenvalue weighted by Gasteiger charge is 2.28. The van der Waals surface area contributed by atoms with Gasteiger partial charge in [-0.1, -0.05) is 12.8 Å². The standard InChI is InChI=1S/C18H23N3O2/c1-20(2)17-10-9-14(12-19-17)18(22)21(15-6-3-4-7-15)13-16-8-5-11-23-16/h5,8-12,15H,3-4,6-7,13H2,1-2H3. The van der Waals surface area contributed by atoms with Crippen molar-refractivity contribution in [3.63, 3.8) is 0 Å². The monoisotopic (exact) mass is 313 g/mol. The number of amides is 1. The predicted molar refractivity (Wildman–Crippen MR) is 89.4 cm³/mol. The van der Waals surface area contributed by atoms with Crippen molar-refractivity contribution < 1.29 is 9.21 Å². The Morgan fingerprint density at radius 3 is 2.61 bits per heavy atom. The van der Waals surface area contributed by atoms with Gasteiger partial charge in [0, 0.05) is 26.3 Å². The first-order valence-electron chi connectivity index (χ1n) is 8.12. The Morgan fingerprint density at radius 1 is 1.26 bits per heavy atom. The lowest BCUT2D eigenvalue weighted by Gasteiger charge is -2.28. The number of aromatic nitrogens is 1. The van der Waals surface area contributed by atoms with E-state index >= 15 is 0 Å². The van der Waals surface area contributed by atoms with Crippen molar-refractivity contribution in [3.05, 3.63) is 48.0 Å². The van der Waals surface area contributed by atoms with Gasteiger partial charge in [0.1, 0.15) is 11.6 Å². The summed E-state index contributed by atoms with van der Waals surface area (Å²) in [5.74, 6) is 1.70. The molecule has 0 spiro atoms. The summed E-state index contributed by atoms with van der Waals surface area (Å²) in [5, 5.41) is 0. The van der Waals surface area contributed by atoms with E-state index in [1.807, 2.05) is 48.2 Å². The molecule has 0 aliphatic heterocycles. The van der Waals surface area contributed by atoms with Gasteiger partial charge in [-0.05, 0) is 37.1 Å². The molecule has 1 amide bonds. The van der Waals surface area contributed by atoms with Crippen LogP contribution in [-0.4, -0.2) is 35.9 Å². The van der Waals surface area contributed by atoms with Gasteiger partial charge in [0.2, 0.25) is 0 Å². The first-order chi connectivity index (χ1) is 11.1. The molecule has 0 unspecified atom stereocenters. The average Bonchev–Trinajstić information content (AvgIpc) is 3.25. The number of furan rings is 1. The Hall–Kier alpha value is -2.30. The SMILES string of the molecule is CN(C)c1ccc(C(=O)N(Cc2ccco2)C2CCCC2)cn1. The van der Waals surface area contributed by atoms with E-state index in [-0.39, 0.29) is 5.91 Å². The van der Waals surface area contributed by atoms with Gasteiger partial charge in [-0.2, -0.15) is 0 Å². The predicted octanol–water partition coefficient (Wildman–Crippen LogP) is 3.33. The van der Waals surface area contributed by atoms with Crippen LogP contribution in [0.15, 0.2) is 41.1 Å². The minimum Gasteiger partial charge on any atom is -0.467 e. The zero-order valence-electron chi connectivity index (χ0n) is 13.7. The third kappa shape index (κ3) is 3.55. The van der Waals surface area contributed by atoms with Crippen molar-refractivity contribution in [2.45, 2.75) is 38.3 Å². The van der Waals surface area contributed by atoms with E-state index in [0.717, 1.165) is 24.4 Å². The molecule has 1 aliphatic carbocycles. The van der Waals surface area contributed by atoms with Crippen LogP contribution in [0.1, 0.15) is 41.8 Å². The van der Waals surface area contributed by atoms with Gasteiger partial charge < -0.3 is 14.2 Å². The number of anilines is 1. The molecular weight excluding hydrogens is 290 g/mol. The van der Waals surface area contributed by atoms with Crippen LogP contribution in [0.4, 0.5) is 5.82 Å². The second-order valence-corrected chi connectivity index (χ2v) is 6.25. The first-order valence-corrected chi connectivity index (χ1v) is 8.12. The molecule has 2 heterocycles. The van der Waals surface area contributed by atoms with Crippen molar-refractivity contribution >= 4 is 11.7 Å². The molecule has 0 atom stereocenters. The third-order valence-corrected chi connectivity index (χ3v) is 4.39. The fourth-order valence-electron chi connectivity index (χ4n) is 3.10. The van der Waals surface area contributed by atoms with Crippen LogP contribution < -0.4 is 4.90 Å². The smallest absolute Gasteiger partial charge is 0.256 e. The Balaban J connectivity index is 1.81. The largest absolute Gasteiger partial charge is 0.467 e. The topological polar surface area (TPSA) is 49.6 Å². The van der Waals surface area contributed by atoms with E-state index in [1.165, 1.54) is 12.8 Å². The van der Waals surface area contributed by atoms with Crippen molar-refractivity contribution in [1.82, 2.24) is 9.88 Å². The molecule has 5 nitrogen and oxygen atoms in total. The maximum absolute atomic E-state index is 13.0. The third-order valence-electron chi connectivity index (χ3n) is 4.39. The molecular formula is C18H23N3O2. The summed E-state index contributed by atoms with van der Waals surface area (Å²) >= 11 is 0. The molecule has 0 radical (unpaired) electrons. The number of carbonyl (C=O) groups is 1. The van der Waals surface area contributed by atoms with Gasteiger partial charge in [0.25, 0.3) is 5.91 Å². The summed E-state index contributed by atoms with van der Waals surface area (Å²) < 4.78 is 5.44. The lowest BCUT2D eigenvalue weighted by atomic mass is 10.1. The molecule has 2 aromatic heterocycles. The summed E-state index contributed by atoms with van der Waals surface area (Å²) in [4.78, 5) is 21.2. The highest BCUT2D eigenvalue weighted by atomic mass is 16.3. The van der Waals surface area contributed by atoms with Crippen molar-refractivity contribution in [1.29, 1.82) is 0 Å². The summed E-state index contributed by atoms with van der Waals surface area (Å²) in [6.45, 7) is 0.520. The van der Waals surface area contributed by atoms with Crippen molar-refractivity contribution in [2.75, 3.05) is 19.0 Å². The summed E-state index contributed by atoms with van der Waals surface area (Å²) in [6, 6.07) is 7.81. The van der Waals surface area contributed by atoms with Crippen molar-refractivity contribution in [3.8, 4) is 0 Å². The number of rotatable bonds is 5. The zero-order valence-corrected chi connectivity index (χ0v) is 13.7. The van der Waals surface area contributed by atoms with Gasteiger partial charge in [0.15, 0.2) is 0 Å². The quantitative estimate of drug-likeness (QED) is 0.849. The molecule has 0 saturated heterocycles. The fourth-order valence-corrected chi connectivity index (χ4v) is 3.10. The van der Waals surface area contributed by atoms with Crippen LogP contribution in [0, 0.1) is 0 Å². The maximum atomic E-state index is 13.0. The van der Waals surface area contributed by atoms with Crippen LogP contribution in [0.2, 0.25) is 0 Å². The molecule has 3 rings (SSSR count). The Bertz CT molecular complexity index is 629. The van der Waals surface area contributed by atoms with Gasteiger partial charge in [-0.15, -0.1) is 0 Å². The second-order valence-electron chi connectivity index (χ2n) is 6.25. The Kier molecular flexibility index (Phi) is 4.65. The molecule has 1 aliphatic rings. The fraction of sp³-hybridized carbons (Fsp3) is 0.444. The summed E-state index contributed by atoms with van der Waals surface area (Å²) in [6.07, 6.45) is 7.82. The molecule has 122 valence electrons. The lowest BCUT2D eigenvalue weighted by molar-refractivity contribution is 0.0648. The number of nitrogens with zero attached hydrogens (tertiary/aromatic N) is 3. The van der Waals surface area contributed by atoms with Crippen LogP contribution >= 0.6 is 0 Å². The molecule has 1 fully saturated rings. The second kappa shape index (κ2) is 6.86. The van der Waals surface area contributed by atoms with Crippen molar-refractivity contribution in [2.24, 2.45) is 0 Å². The van der Waals surface area contributed by atoms with E-state index < -0.39 is 0 Å².